The number of halogens is 3. The number of aromatic nitrogens is 4. The van der Waals surface area contributed by atoms with Crippen LogP contribution in [0.15, 0.2) is 71.3 Å². The number of furan rings is 1. The second-order valence-corrected chi connectivity index (χ2v) is 9.01. The van der Waals surface area contributed by atoms with Crippen molar-refractivity contribution in [2.24, 2.45) is 0 Å². The number of hydrogen-bond acceptors (Lipinski definition) is 6. The summed E-state index contributed by atoms with van der Waals surface area (Å²) in [5.74, 6) is 1.82. The third-order valence-corrected chi connectivity index (χ3v) is 6.71. The first-order chi connectivity index (χ1) is 17.4. The van der Waals surface area contributed by atoms with E-state index in [9.17, 15) is 13.2 Å². The van der Waals surface area contributed by atoms with Crippen LogP contribution in [0.5, 0.6) is 0 Å². The van der Waals surface area contributed by atoms with Crippen LogP contribution in [0.1, 0.15) is 18.1 Å². The highest BCUT2D eigenvalue weighted by atomic mass is 19.4. The van der Waals surface area contributed by atoms with Crippen molar-refractivity contribution in [1.82, 2.24) is 24.5 Å². The smallest absolute Gasteiger partial charge is 0.416 e. The Kier molecular flexibility index (Phi) is 5.40. The second-order valence-electron chi connectivity index (χ2n) is 9.01. The number of alkyl halides is 3. The number of piperazine rings is 1. The zero-order valence-corrected chi connectivity index (χ0v) is 19.5. The summed E-state index contributed by atoms with van der Waals surface area (Å²) in [4.78, 5) is 9.19. The van der Waals surface area contributed by atoms with Crippen molar-refractivity contribution in [2.45, 2.75) is 25.7 Å². The Hall–Kier alpha value is -3.92. The molecule has 3 aromatic heterocycles. The van der Waals surface area contributed by atoms with E-state index in [1.807, 2.05) is 41.7 Å². The van der Waals surface area contributed by atoms with E-state index in [1.54, 1.807) is 24.5 Å². The number of hydrogen-bond donors (Lipinski definition) is 0. The third-order valence-electron chi connectivity index (χ3n) is 6.71. The standard InChI is InChI=1S/C26H23F3N6O/c1-17-15-34(13-12-33(17)16-18-7-2-4-9-20(18)26(27,28)29)25-30-21-10-5-3-8-19(21)23-31-32-24(35(23)25)22-11-6-14-36-22/h2-11,14,17H,12-13,15-16H2,1H3. The van der Waals surface area contributed by atoms with Gasteiger partial charge in [0.25, 0.3) is 0 Å². The fourth-order valence-corrected chi connectivity index (χ4v) is 4.91. The molecule has 0 amide bonds. The highest BCUT2D eigenvalue weighted by Gasteiger charge is 2.34. The first-order valence-electron chi connectivity index (χ1n) is 11.7. The Labute approximate surface area is 204 Å². The molecule has 6 rings (SSSR count). The summed E-state index contributed by atoms with van der Waals surface area (Å²) >= 11 is 0. The van der Waals surface area contributed by atoms with Crippen molar-refractivity contribution in [1.29, 1.82) is 0 Å². The molecule has 0 bridgehead atoms. The molecule has 1 fully saturated rings. The van der Waals surface area contributed by atoms with Gasteiger partial charge in [-0.3, -0.25) is 4.90 Å². The molecule has 5 aromatic rings. The average Bonchev–Trinajstić information content (AvgIpc) is 3.55. The summed E-state index contributed by atoms with van der Waals surface area (Å²) < 4.78 is 48.1. The predicted octanol–water partition coefficient (Wildman–Crippen LogP) is 5.27. The zero-order chi connectivity index (χ0) is 24.9. The topological polar surface area (TPSA) is 62.7 Å². The van der Waals surface area contributed by atoms with Crippen molar-refractivity contribution >= 4 is 22.5 Å². The molecule has 0 saturated carbocycles. The molecule has 184 valence electrons. The highest BCUT2D eigenvalue weighted by Crippen LogP contribution is 2.34. The SMILES string of the molecule is CC1CN(c2nc3ccccc3c3nnc(-c4ccco4)n23)CCN1Cc1ccccc1C(F)(F)F. The Morgan fingerprint density at radius 3 is 2.56 bits per heavy atom. The van der Waals surface area contributed by atoms with Gasteiger partial charge in [-0.2, -0.15) is 13.2 Å². The number of rotatable bonds is 4. The summed E-state index contributed by atoms with van der Waals surface area (Å²) in [7, 11) is 0. The molecule has 1 aliphatic heterocycles. The first-order valence-corrected chi connectivity index (χ1v) is 11.7. The van der Waals surface area contributed by atoms with E-state index in [2.05, 4.69) is 20.0 Å². The molecular weight excluding hydrogens is 469 g/mol. The van der Waals surface area contributed by atoms with Gasteiger partial charge in [0.1, 0.15) is 0 Å². The molecule has 10 heteroatoms. The number of anilines is 1. The summed E-state index contributed by atoms with van der Waals surface area (Å²) in [5.41, 5.74) is 1.18. The maximum atomic E-state index is 13.5. The minimum absolute atomic E-state index is 0.00750. The molecule has 7 nitrogen and oxygen atoms in total. The Morgan fingerprint density at radius 1 is 0.972 bits per heavy atom. The van der Waals surface area contributed by atoms with Crippen molar-refractivity contribution in [3.05, 3.63) is 78.1 Å². The normalized spacial score (nSPS) is 17.3. The molecule has 0 spiro atoms. The highest BCUT2D eigenvalue weighted by molar-refractivity contribution is 5.93. The monoisotopic (exact) mass is 492 g/mol. The predicted molar refractivity (Wildman–Crippen MR) is 130 cm³/mol. The largest absolute Gasteiger partial charge is 0.461 e. The number of benzene rings is 2. The van der Waals surface area contributed by atoms with Gasteiger partial charge in [-0.05, 0) is 42.8 Å². The zero-order valence-electron chi connectivity index (χ0n) is 19.5. The quantitative estimate of drug-likeness (QED) is 0.341. The molecular formula is C26H23F3N6O. The molecule has 0 aliphatic carbocycles. The van der Waals surface area contributed by atoms with Crippen LogP contribution in [0, 0.1) is 0 Å². The molecule has 0 radical (unpaired) electrons. The number of nitrogens with zero attached hydrogens (tertiary/aromatic N) is 6. The minimum Gasteiger partial charge on any atom is -0.461 e. The van der Waals surface area contributed by atoms with E-state index in [0.717, 1.165) is 17.0 Å². The molecule has 36 heavy (non-hydrogen) atoms. The maximum Gasteiger partial charge on any atom is 0.416 e. The summed E-state index contributed by atoms with van der Waals surface area (Å²) in [5, 5.41) is 9.73. The third kappa shape index (κ3) is 3.87. The molecule has 2 aromatic carbocycles. The number of para-hydroxylation sites is 1. The maximum absolute atomic E-state index is 13.5. The van der Waals surface area contributed by atoms with Crippen LogP contribution in [0.3, 0.4) is 0 Å². The van der Waals surface area contributed by atoms with Crippen LogP contribution in [0.25, 0.3) is 28.1 Å². The lowest BCUT2D eigenvalue weighted by Gasteiger charge is -2.40. The Morgan fingerprint density at radius 2 is 1.78 bits per heavy atom. The van der Waals surface area contributed by atoms with Crippen LogP contribution in [0.2, 0.25) is 0 Å². The van der Waals surface area contributed by atoms with Crippen molar-refractivity contribution in [2.75, 3.05) is 24.5 Å². The molecule has 4 heterocycles. The Bertz CT molecular complexity index is 1530. The van der Waals surface area contributed by atoms with Gasteiger partial charge in [0.05, 0.1) is 17.3 Å². The summed E-state index contributed by atoms with van der Waals surface area (Å²) in [6, 6.07) is 17.2. The van der Waals surface area contributed by atoms with Crippen LogP contribution in [0.4, 0.5) is 19.1 Å². The van der Waals surface area contributed by atoms with Crippen LogP contribution < -0.4 is 4.90 Å². The summed E-state index contributed by atoms with van der Waals surface area (Å²) in [6.45, 7) is 4.02. The molecule has 1 unspecified atom stereocenters. The van der Waals surface area contributed by atoms with Gasteiger partial charge in [-0.15, -0.1) is 10.2 Å². The van der Waals surface area contributed by atoms with Crippen molar-refractivity contribution in [3.8, 4) is 11.6 Å². The molecule has 1 aliphatic rings. The molecule has 1 atom stereocenters. The van der Waals surface area contributed by atoms with Crippen LogP contribution in [-0.2, 0) is 12.7 Å². The van der Waals surface area contributed by atoms with Gasteiger partial charge in [-0.25, -0.2) is 9.38 Å². The minimum atomic E-state index is -4.38. The van der Waals surface area contributed by atoms with Crippen molar-refractivity contribution in [3.63, 3.8) is 0 Å². The van der Waals surface area contributed by atoms with Crippen LogP contribution >= 0.6 is 0 Å². The lowest BCUT2D eigenvalue weighted by molar-refractivity contribution is -0.138. The first kappa shape index (κ1) is 22.5. The van der Waals surface area contributed by atoms with Crippen molar-refractivity contribution < 1.29 is 17.6 Å². The van der Waals surface area contributed by atoms with Gasteiger partial charge in [-0.1, -0.05) is 30.3 Å². The number of fused-ring (bicyclic) bond motifs is 3. The second kappa shape index (κ2) is 8.63. The van der Waals surface area contributed by atoms with Crippen LogP contribution in [-0.4, -0.2) is 50.2 Å². The van der Waals surface area contributed by atoms with Gasteiger partial charge >= 0.3 is 6.18 Å². The van der Waals surface area contributed by atoms with E-state index in [0.29, 0.717) is 42.8 Å². The lowest BCUT2D eigenvalue weighted by Crippen LogP contribution is -2.52. The van der Waals surface area contributed by atoms with E-state index >= 15 is 0 Å². The van der Waals surface area contributed by atoms with Gasteiger partial charge in [0.15, 0.2) is 11.4 Å². The Balaban J connectivity index is 1.35. The molecule has 0 N–H and O–H groups in total. The fraction of sp³-hybridized carbons (Fsp3) is 0.269. The van der Waals surface area contributed by atoms with E-state index in [4.69, 9.17) is 9.40 Å². The van der Waals surface area contributed by atoms with Gasteiger partial charge in [0.2, 0.25) is 11.8 Å². The average molecular weight is 493 g/mol. The van der Waals surface area contributed by atoms with E-state index in [1.165, 1.54) is 6.07 Å². The fourth-order valence-electron chi connectivity index (χ4n) is 4.91. The lowest BCUT2D eigenvalue weighted by atomic mass is 10.0. The van der Waals surface area contributed by atoms with Gasteiger partial charge in [0, 0.05) is 37.6 Å². The van der Waals surface area contributed by atoms with E-state index in [-0.39, 0.29) is 18.2 Å². The summed E-state index contributed by atoms with van der Waals surface area (Å²) in [6.07, 6.45) is -2.79. The van der Waals surface area contributed by atoms with E-state index < -0.39 is 11.7 Å². The molecule has 1 saturated heterocycles. The van der Waals surface area contributed by atoms with Gasteiger partial charge < -0.3 is 9.32 Å².